The lowest BCUT2D eigenvalue weighted by Gasteiger charge is -2.21. The average molecular weight is 256 g/mol. The predicted molar refractivity (Wildman–Crippen MR) is 77.5 cm³/mol. The molecule has 17 heavy (non-hydrogen) atoms. The Morgan fingerprint density at radius 1 is 0.765 bits per heavy atom. The van der Waals surface area contributed by atoms with Crippen LogP contribution in [0, 0.1) is 0 Å². The molecule has 0 aromatic rings. The van der Waals surface area contributed by atoms with E-state index in [9.17, 15) is 0 Å². The van der Waals surface area contributed by atoms with Gasteiger partial charge in [-0.05, 0) is 25.9 Å². The van der Waals surface area contributed by atoms with Crippen molar-refractivity contribution < 1.29 is 8.85 Å². The van der Waals surface area contributed by atoms with E-state index in [1.165, 1.54) is 12.8 Å². The van der Waals surface area contributed by atoms with Crippen molar-refractivity contribution in [3.63, 3.8) is 0 Å². The molecule has 0 aliphatic rings. The van der Waals surface area contributed by atoms with Crippen molar-refractivity contribution in [1.82, 2.24) is 0 Å². The van der Waals surface area contributed by atoms with Gasteiger partial charge in [-0.3, -0.25) is 0 Å². The summed E-state index contributed by atoms with van der Waals surface area (Å²) in [7, 11) is -1.93. The standard InChI is InChI=1S/C14H28O2Si/c1-5-7-9-11-13-15-17(3,4)16-14-12-10-8-6-2/h9-12H,5-8,13-14H2,1-4H3/b11-9-,12-10-. The quantitative estimate of drug-likeness (QED) is 0.425. The largest absolute Gasteiger partial charge is 0.391 e. The molecule has 0 radical (unpaired) electrons. The van der Waals surface area contributed by atoms with Crippen LogP contribution in [-0.4, -0.2) is 21.8 Å². The van der Waals surface area contributed by atoms with Crippen LogP contribution in [0.3, 0.4) is 0 Å². The van der Waals surface area contributed by atoms with Gasteiger partial charge in [0.05, 0.1) is 13.2 Å². The Hall–Kier alpha value is -0.383. The second-order valence-corrected chi connectivity index (χ2v) is 7.92. The molecule has 100 valence electrons. The molecular weight excluding hydrogens is 228 g/mol. The predicted octanol–water partition coefficient (Wildman–Crippen LogP) is 4.43. The SMILES string of the molecule is CCC/C=C\CO[Si](C)(C)OC/C=C\CCC. The van der Waals surface area contributed by atoms with Crippen molar-refractivity contribution >= 4 is 8.56 Å². The fourth-order valence-electron chi connectivity index (χ4n) is 1.24. The zero-order chi connectivity index (χ0) is 13.0. The lowest BCUT2D eigenvalue weighted by atomic mass is 10.3. The van der Waals surface area contributed by atoms with Gasteiger partial charge in [-0.25, -0.2) is 0 Å². The minimum atomic E-state index is -1.93. The minimum absolute atomic E-state index is 0.678. The van der Waals surface area contributed by atoms with Crippen molar-refractivity contribution in [3.8, 4) is 0 Å². The van der Waals surface area contributed by atoms with Crippen LogP contribution in [0.25, 0.3) is 0 Å². The van der Waals surface area contributed by atoms with Gasteiger partial charge in [0.15, 0.2) is 0 Å². The Morgan fingerprint density at radius 3 is 1.53 bits per heavy atom. The third kappa shape index (κ3) is 11.9. The van der Waals surface area contributed by atoms with E-state index in [0.29, 0.717) is 13.2 Å². The Labute approximate surface area is 108 Å². The lowest BCUT2D eigenvalue weighted by Crippen LogP contribution is -2.34. The monoisotopic (exact) mass is 256 g/mol. The summed E-state index contributed by atoms with van der Waals surface area (Å²) in [5.74, 6) is 0. The zero-order valence-electron chi connectivity index (χ0n) is 11.9. The molecule has 3 heteroatoms. The number of allylic oxidation sites excluding steroid dienone is 2. The van der Waals surface area contributed by atoms with Gasteiger partial charge in [0.25, 0.3) is 0 Å². The van der Waals surface area contributed by atoms with Gasteiger partial charge < -0.3 is 8.85 Å². The Bertz CT molecular complexity index is 200. The number of hydrogen-bond donors (Lipinski definition) is 0. The fourth-order valence-corrected chi connectivity index (χ4v) is 2.32. The van der Waals surface area contributed by atoms with Crippen LogP contribution in [-0.2, 0) is 8.85 Å². The Kier molecular flexibility index (Phi) is 10.5. The molecule has 0 rings (SSSR count). The van der Waals surface area contributed by atoms with E-state index in [1.54, 1.807) is 0 Å². The van der Waals surface area contributed by atoms with Crippen LogP contribution >= 0.6 is 0 Å². The summed E-state index contributed by atoms with van der Waals surface area (Å²) < 4.78 is 11.6. The van der Waals surface area contributed by atoms with Crippen LogP contribution in [0.15, 0.2) is 24.3 Å². The highest BCUT2D eigenvalue weighted by Crippen LogP contribution is 2.06. The summed E-state index contributed by atoms with van der Waals surface area (Å²) in [5.41, 5.74) is 0. The first-order chi connectivity index (χ1) is 8.12. The summed E-state index contributed by atoms with van der Waals surface area (Å²) in [6, 6.07) is 0. The first kappa shape index (κ1) is 16.6. The molecule has 0 aliphatic carbocycles. The van der Waals surface area contributed by atoms with Crippen LogP contribution in [0.5, 0.6) is 0 Å². The first-order valence-corrected chi connectivity index (χ1v) is 9.52. The molecular formula is C14H28O2Si. The molecule has 0 aromatic heterocycles. The molecule has 0 amide bonds. The first-order valence-electron chi connectivity index (χ1n) is 6.70. The van der Waals surface area contributed by atoms with Gasteiger partial charge in [0.1, 0.15) is 0 Å². The number of rotatable bonds is 10. The third-order valence-corrected chi connectivity index (χ3v) is 4.02. The third-order valence-electron chi connectivity index (χ3n) is 2.30. The molecule has 0 aromatic carbocycles. The maximum atomic E-state index is 5.78. The van der Waals surface area contributed by atoms with Crippen LogP contribution < -0.4 is 0 Å². The van der Waals surface area contributed by atoms with Crippen molar-refractivity contribution in [3.05, 3.63) is 24.3 Å². The molecule has 0 aliphatic heterocycles. The average Bonchev–Trinajstić information content (AvgIpc) is 2.28. The number of unbranched alkanes of at least 4 members (excludes halogenated alkanes) is 2. The van der Waals surface area contributed by atoms with Gasteiger partial charge in [0, 0.05) is 0 Å². The Morgan fingerprint density at radius 2 is 1.18 bits per heavy atom. The van der Waals surface area contributed by atoms with Gasteiger partial charge in [-0.2, -0.15) is 0 Å². The lowest BCUT2D eigenvalue weighted by molar-refractivity contribution is 0.213. The maximum Gasteiger partial charge on any atom is 0.332 e. The smallest absolute Gasteiger partial charge is 0.332 e. The highest BCUT2D eigenvalue weighted by Gasteiger charge is 2.22. The van der Waals surface area contributed by atoms with Gasteiger partial charge in [-0.1, -0.05) is 51.0 Å². The molecule has 2 nitrogen and oxygen atoms in total. The molecule has 0 saturated heterocycles. The van der Waals surface area contributed by atoms with E-state index >= 15 is 0 Å². The summed E-state index contributed by atoms with van der Waals surface area (Å²) in [4.78, 5) is 0. The van der Waals surface area contributed by atoms with Crippen molar-refractivity contribution in [2.45, 2.75) is 52.6 Å². The summed E-state index contributed by atoms with van der Waals surface area (Å²) in [5, 5.41) is 0. The van der Waals surface area contributed by atoms with Crippen LogP contribution in [0.4, 0.5) is 0 Å². The molecule has 0 atom stereocenters. The molecule has 0 fully saturated rings. The molecule has 0 saturated carbocycles. The minimum Gasteiger partial charge on any atom is -0.391 e. The van der Waals surface area contributed by atoms with E-state index in [0.717, 1.165) is 12.8 Å². The summed E-state index contributed by atoms with van der Waals surface area (Å²) in [6.07, 6.45) is 13.2. The van der Waals surface area contributed by atoms with E-state index < -0.39 is 8.56 Å². The van der Waals surface area contributed by atoms with Gasteiger partial charge >= 0.3 is 8.56 Å². The second kappa shape index (κ2) is 10.8. The molecule has 0 spiro atoms. The van der Waals surface area contributed by atoms with Crippen molar-refractivity contribution in [2.24, 2.45) is 0 Å². The summed E-state index contributed by atoms with van der Waals surface area (Å²) >= 11 is 0. The Balaban J connectivity index is 3.64. The second-order valence-electron chi connectivity index (χ2n) is 4.54. The highest BCUT2D eigenvalue weighted by atomic mass is 28.4. The fraction of sp³-hybridized carbons (Fsp3) is 0.714. The van der Waals surface area contributed by atoms with Gasteiger partial charge in [0.2, 0.25) is 0 Å². The molecule has 0 unspecified atom stereocenters. The molecule has 0 N–H and O–H groups in total. The summed E-state index contributed by atoms with van der Waals surface area (Å²) in [6.45, 7) is 9.89. The van der Waals surface area contributed by atoms with E-state index in [-0.39, 0.29) is 0 Å². The number of hydrogen-bond acceptors (Lipinski definition) is 2. The van der Waals surface area contributed by atoms with Crippen molar-refractivity contribution in [1.29, 1.82) is 0 Å². The molecule has 0 heterocycles. The highest BCUT2D eigenvalue weighted by molar-refractivity contribution is 6.64. The topological polar surface area (TPSA) is 18.5 Å². The van der Waals surface area contributed by atoms with Crippen LogP contribution in [0.2, 0.25) is 13.1 Å². The van der Waals surface area contributed by atoms with E-state index in [2.05, 4.69) is 51.2 Å². The van der Waals surface area contributed by atoms with E-state index in [4.69, 9.17) is 8.85 Å². The maximum absolute atomic E-state index is 5.78. The van der Waals surface area contributed by atoms with Gasteiger partial charge in [-0.15, -0.1) is 0 Å². The molecule has 0 bridgehead atoms. The zero-order valence-corrected chi connectivity index (χ0v) is 12.9. The van der Waals surface area contributed by atoms with Crippen molar-refractivity contribution in [2.75, 3.05) is 13.2 Å². The van der Waals surface area contributed by atoms with Crippen LogP contribution in [0.1, 0.15) is 39.5 Å². The van der Waals surface area contributed by atoms with E-state index in [1.807, 2.05) is 0 Å². The normalized spacial score (nSPS) is 12.9.